The van der Waals surface area contributed by atoms with Crippen LogP contribution >= 0.6 is 0 Å². The Morgan fingerprint density at radius 2 is 1.80 bits per heavy atom. The van der Waals surface area contributed by atoms with Crippen LogP contribution in [-0.4, -0.2) is 35.6 Å². The first-order valence-corrected chi connectivity index (χ1v) is 10.5. The second-order valence-electron chi connectivity index (χ2n) is 7.86. The first kappa shape index (κ1) is 20.2. The van der Waals surface area contributed by atoms with Crippen molar-refractivity contribution >= 4 is 5.91 Å². The average molecular weight is 404 g/mol. The van der Waals surface area contributed by atoms with Crippen LogP contribution in [0.1, 0.15) is 41.7 Å². The van der Waals surface area contributed by atoms with Gasteiger partial charge in [0.25, 0.3) is 0 Å². The third-order valence-corrected chi connectivity index (χ3v) is 5.92. The summed E-state index contributed by atoms with van der Waals surface area (Å²) in [5.74, 6) is 0.847. The molecule has 0 aliphatic carbocycles. The van der Waals surface area contributed by atoms with Crippen LogP contribution in [0.2, 0.25) is 0 Å². The van der Waals surface area contributed by atoms with E-state index in [-0.39, 0.29) is 11.9 Å². The Bertz CT molecular complexity index is 966. The first-order valence-electron chi connectivity index (χ1n) is 10.5. The van der Waals surface area contributed by atoms with E-state index in [9.17, 15) is 4.79 Å². The summed E-state index contributed by atoms with van der Waals surface area (Å²) in [6.07, 6.45) is 4.27. The zero-order valence-corrected chi connectivity index (χ0v) is 17.6. The molecule has 5 nitrogen and oxygen atoms in total. The monoisotopic (exact) mass is 403 g/mol. The summed E-state index contributed by atoms with van der Waals surface area (Å²) in [6, 6.07) is 22.3. The van der Waals surface area contributed by atoms with Gasteiger partial charge in [-0.2, -0.15) is 0 Å². The van der Waals surface area contributed by atoms with Gasteiger partial charge in [0.15, 0.2) is 0 Å². The summed E-state index contributed by atoms with van der Waals surface area (Å²) < 4.78 is 7.44. The summed E-state index contributed by atoms with van der Waals surface area (Å²) in [6.45, 7) is 1.34. The topological polar surface area (TPSA) is 46.5 Å². The number of amides is 1. The Labute approximate surface area is 178 Å². The molecule has 0 radical (unpaired) electrons. The second kappa shape index (κ2) is 9.18. The molecule has 1 amide bonds. The molecule has 5 heteroatoms. The Kier molecular flexibility index (Phi) is 6.19. The Hall–Kier alpha value is -3.05. The van der Waals surface area contributed by atoms with Crippen molar-refractivity contribution in [1.82, 2.24) is 14.8 Å². The van der Waals surface area contributed by atoms with Crippen molar-refractivity contribution in [2.24, 2.45) is 7.05 Å². The fourth-order valence-electron chi connectivity index (χ4n) is 4.36. The number of nitrogens with one attached hydrogen (secondary N) is 1. The van der Waals surface area contributed by atoms with Crippen LogP contribution in [-0.2, 0) is 11.8 Å². The SMILES string of the molecule is COc1ccc([C@@H](NC(=O)CN2CCC[C@@H]2c2cccn2C)c2ccccc2)cc1. The minimum Gasteiger partial charge on any atom is -0.497 e. The van der Waals surface area contributed by atoms with Crippen LogP contribution in [0.4, 0.5) is 0 Å². The standard InChI is InChI=1S/C25H29N3O2/c1-27-16-6-10-22(27)23-11-7-17-28(23)18-24(29)26-25(19-8-4-3-5-9-19)20-12-14-21(30-2)15-13-20/h3-6,8-10,12-16,23,25H,7,11,17-18H2,1-2H3,(H,26,29)/t23-,25+/m1/s1. The lowest BCUT2D eigenvalue weighted by Gasteiger charge is -2.26. The predicted molar refractivity (Wildman–Crippen MR) is 118 cm³/mol. The molecule has 0 unspecified atom stereocenters. The van der Waals surface area contributed by atoms with Crippen LogP contribution in [0.3, 0.4) is 0 Å². The van der Waals surface area contributed by atoms with Gasteiger partial charge in [-0.3, -0.25) is 9.69 Å². The lowest BCUT2D eigenvalue weighted by Crippen LogP contribution is -2.39. The van der Waals surface area contributed by atoms with Gasteiger partial charge < -0.3 is 14.6 Å². The molecule has 0 spiro atoms. The molecule has 1 aromatic heterocycles. The number of methoxy groups -OCH3 is 1. The minimum absolute atomic E-state index is 0.0424. The molecule has 1 fully saturated rings. The van der Waals surface area contributed by atoms with Crippen molar-refractivity contribution in [2.75, 3.05) is 20.2 Å². The molecule has 1 aliphatic heterocycles. The van der Waals surface area contributed by atoms with Crippen LogP contribution in [0.5, 0.6) is 5.75 Å². The number of aryl methyl sites for hydroxylation is 1. The number of nitrogens with zero attached hydrogens (tertiary/aromatic N) is 2. The number of likely N-dealkylation sites (tertiary alicyclic amines) is 1. The van der Waals surface area contributed by atoms with E-state index in [4.69, 9.17) is 4.74 Å². The highest BCUT2D eigenvalue weighted by Gasteiger charge is 2.29. The maximum absolute atomic E-state index is 13.1. The van der Waals surface area contributed by atoms with Crippen molar-refractivity contribution in [3.8, 4) is 5.75 Å². The number of rotatable bonds is 7. The van der Waals surface area contributed by atoms with E-state index in [0.717, 1.165) is 36.3 Å². The van der Waals surface area contributed by atoms with E-state index in [1.54, 1.807) is 7.11 Å². The molecule has 0 bridgehead atoms. The third kappa shape index (κ3) is 4.41. The van der Waals surface area contributed by atoms with Crippen LogP contribution in [0.15, 0.2) is 72.9 Å². The fourth-order valence-corrected chi connectivity index (χ4v) is 4.36. The van der Waals surface area contributed by atoms with E-state index in [0.29, 0.717) is 12.6 Å². The summed E-state index contributed by atoms with van der Waals surface area (Å²) in [5, 5.41) is 3.27. The van der Waals surface area contributed by atoms with Gasteiger partial charge in [-0.25, -0.2) is 0 Å². The number of hydrogen-bond acceptors (Lipinski definition) is 3. The molecule has 1 N–H and O–H groups in total. The van der Waals surface area contributed by atoms with Gasteiger partial charge in [0.05, 0.1) is 25.7 Å². The molecule has 30 heavy (non-hydrogen) atoms. The number of hydrogen-bond donors (Lipinski definition) is 1. The lowest BCUT2D eigenvalue weighted by atomic mass is 9.98. The number of aromatic nitrogens is 1. The maximum Gasteiger partial charge on any atom is 0.234 e. The Morgan fingerprint density at radius 1 is 1.07 bits per heavy atom. The Morgan fingerprint density at radius 3 is 2.47 bits per heavy atom. The average Bonchev–Trinajstić information content (AvgIpc) is 3.41. The van der Waals surface area contributed by atoms with Gasteiger partial charge >= 0.3 is 0 Å². The van der Waals surface area contributed by atoms with Crippen molar-refractivity contribution < 1.29 is 9.53 Å². The number of benzene rings is 2. The normalized spacial score (nSPS) is 17.6. The number of carbonyl (C=O) groups is 1. The van der Waals surface area contributed by atoms with Gasteiger partial charge in [-0.05, 0) is 54.8 Å². The highest BCUT2D eigenvalue weighted by molar-refractivity contribution is 5.79. The molecular weight excluding hydrogens is 374 g/mol. The first-order chi connectivity index (χ1) is 14.7. The van der Waals surface area contributed by atoms with Gasteiger partial charge in [-0.1, -0.05) is 42.5 Å². The largest absolute Gasteiger partial charge is 0.497 e. The highest BCUT2D eigenvalue weighted by Crippen LogP contribution is 2.31. The van der Waals surface area contributed by atoms with Gasteiger partial charge in [0, 0.05) is 18.9 Å². The molecule has 2 aromatic carbocycles. The van der Waals surface area contributed by atoms with Crippen LogP contribution in [0.25, 0.3) is 0 Å². The van der Waals surface area contributed by atoms with E-state index in [1.807, 2.05) is 42.5 Å². The smallest absolute Gasteiger partial charge is 0.234 e. The van der Waals surface area contributed by atoms with Crippen molar-refractivity contribution in [2.45, 2.75) is 24.9 Å². The summed E-state index contributed by atoms with van der Waals surface area (Å²) in [7, 11) is 3.73. The molecule has 1 aliphatic rings. The van der Waals surface area contributed by atoms with Crippen molar-refractivity contribution in [1.29, 1.82) is 0 Å². The van der Waals surface area contributed by atoms with Crippen molar-refractivity contribution in [3.63, 3.8) is 0 Å². The summed E-state index contributed by atoms with van der Waals surface area (Å²) in [5.41, 5.74) is 3.38. The maximum atomic E-state index is 13.1. The van der Waals surface area contributed by atoms with Crippen LogP contribution in [0, 0.1) is 0 Å². The van der Waals surface area contributed by atoms with Crippen molar-refractivity contribution in [3.05, 3.63) is 89.7 Å². The van der Waals surface area contributed by atoms with E-state index in [2.05, 4.69) is 52.3 Å². The second-order valence-corrected chi connectivity index (χ2v) is 7.86. The Balaban J connectivity index is 1.51. The summed E-state index contributed by atoms with van der Waals surface area (Å²) >= 11 is 0. The summed E-state index contributed by atoms with van der Waals surface area (Å²) in [4.78, 5) is 15.4. The van der Waals surface area contributed by atoms with E-state index >= 15 is 0 Å². The van der Waals surface area contributed by atoms with Crippen LogP contribution < -0.4 is 10.1 Å². The number of carbonyl (C=O) groups excluding carboxylic acids is 1. The van der Waals surface area contributed by atoms with Gasteiger partial charge in [0.1, 0.15) is 5.75 Å². The van der Waals surface area contributed by atoms with Gasteiger partial charge in [-0.15, -0.1) is 0 Å². The molecule has 0 saturated carbocycles. The van der Waals surface area contributed by atoms with E-state index < -0.39 is 0 Å². The molecule has 2 atom stereocenters. The zero-order valence-electron chi connectivity index (χ0n) is 17.6. The molecule has 1 saturated heterocycles. The lowest BCUT2D eigenvalue weighted by molar-refractivity contribution is -0.123. The molecule has 3 aromatic rings. The quantitative estimate of drug-likeness (QED) is 0.647. The van der Waals surface area contributed by atoms with Gasteiger partial charge in [0.2, 0.25) is 5.91 Å². The molecule has 156 valence electrons. The minimum atomic E-state index is -0.194. The zero-order chi connectivity index (χ0) is 20.9. The molecular formula is C25H29N3O2. The highest BCUT2D eigenvalue weighted by atomic mass is 16.5. The third-order valence-electron chi connectivity index (χ3n) is 5.92. The van der Waals surface area contributed by atoms with E-state index in [1.165, 1.54) is 5.69 Å². The fraction of sp³-hybridized carbons (Fsp3) is 0.320. The predicted octanol–water partition coefficient (Wildman–Crippen LogP) is 4.08. The molecule has 4 rings (SSSR count). The number of ether oxygens (including phenoxy) is 1. The molecule has 2 heterocycles.